The molecule has 0 aromatic heterocycles. The second kappa shape index (κ2) is 19.0. The maximum absolute atomic E-state index is 13.5. The lowest BCUT2D eigenvalue weighted by Crippen LogP contribution is -2.49. The van der Waals surface area contributed by atoms with Crippen molar-refractivity contribution in [3.05, 3.63) is 93.7 Å². The van der Waals surface area contributed by atoms with Crippen LogP contribution in [0.1, 0.15) is 48.9 Å². The smallest absolute Gasteiger partial charge is 0.328 e. The molecule has 13 nitrogen and oxygen atoms in total. The molecule has 2 aromatic carbocycles. The predicted molar refractivity (Wildman–Crippen MR) is 185 cm³/mol. The number of benzene rings is 2. The minimum absolute atomic E-state index is 0.184. The molecule has 0 saturated carbocycles. The van der Waals surface area contributed by atoms with Gasteiger partial charge in [0.1, 0.15) is 5.82 Å². The van der Waals surface area contributed by atoms with E-state index in [1.807, 2.05) is 21.9 Å². The van der Waals surface area contributed by atoms with Gasteiger partial charge in [-0.05, 0) is 61.2 Å². The van der Waals surface area contributed by atoms with Crippen LogP contribution < -0.4 is 0 Å². The van der Waals surface area contributed by atoms with Crippen LogP contribution >= 0.6 is 15.9 Å². The average Bonchev–Trinajstić information content (AvgIpc) is 3.63. The summed E-state index contributed by atoms with van der Waals surface area (Å²) in [5.41, 5.74) is 3.95. The van der Waals surface area contributed by atoms with Gasteiger partial charge >= 0.3 is 29.9 Å². The molecule has 2 heterocycles. The minimum Gasteiger partial charge on any atom is -0.478 e. The van der Waals surface area contributed by atoms with Gasteiger partial charge in [-0.3, -0.25) is 9.80 Å². The van der Waals surface area contributed by atoms with Gasteiger partial charge in [0, 0.05) is 99.1 Å². The molecule has 0 bridgehead atoms. The van der Waals surface area contributed by atoms with Gasteiger partial charge in [-0.15, -0.1) is 0 Å². The molecule has 3 aliphatic rings. The monoisotopic (exact) mass is 760 g/mol. The van der Waals surface area contributed by atoms with Crippen molar-refractivity contribution < 1.29 is 48.8 Å². The third kappa shape index (κ3) is 12.1. The second-order valence-electron chi connectivity index (χ2n) is 12.1. The number of carboxylic acid groups (broad SMARTS) is 4. The van der Waals surface area contributed by atoms with E-state index in [9.17, 15) is 28.4 Å². The molecule has 0 radical (unpaired) electrons. The number of carboxylic acids is 4. The molecule has 5 rings (SSSR count). The summed E-state index contributed by atoms with van der Waals surface area (Å²) in [6, 6.07) is 14.5. The Bertz CT molecular complexity index is 1510. The third-order valence-corrected chi connectivity index (χ3v) is 9.03. The first kappa shape index (κ1) is 39.8. The number of carbonyl (C=O) groups is 5. The molecule has 2 atom stereocenters. The fraction of sp³-hybridized carbons (Fsp3) is 0.400. The third-order valence-electron chi connectivity index (χ3n) is 8.54. The zero-order chi connectivity index (χ0) is 37.0. The van der Waals surface area contributed by atoms with Crippen LogP contribution in [0.25, 0.3) is 0 Å². The van der Waals surface area contributed by atoms with Crippen LogP contribution in [0.4, 0.5) is 9.18 Å². The number of nitrogens with zero attached hydrogens (tertiary/aromatic N) is 4. The van der Waals surface area contributed by atoms with Crippen molar-refractivity contribution in [2.75, 3.05) is 52.4 Å². The summed E-state index contributed by atoms with van der Waals surface area (Å²) < 4.78 is 14.6. The number of carbonyl (C=O) groups excluding carboxylic acids is 1. The number of hydrogen-bond acceptors (Lipinski definition) is 7. The highest BCUT2D eigenvalue weighted by molar-refractivity contribution is 9.10. The van der Waals surface area contributed by atoms with E-state index in [0.717, 1.165) is 63.3 Å². The molecule has 2 fully saturated rings. The van der Waals surface area contributed by atoms with Crippen molar-refractivity contribution in [1.29, 1.82) is 0 Å². The largest absolute Gasteiger partial charge is 0.478 e. The summed E-state index contributed by atoms with van der Waals surface area (Å²) in [5.74, 6) is -4.92. The van der Waals surface area contributed by atoms with Gasteiger partial charge in [-0.1, -0.05) is 34.1 Å². The molecule has 50 heavy (non-hydrogen) atoms. The quantitative estimate of drug-likeness (QED) is 0.253. The van der Waals surface area contributed by atoms with Crippen LogP contribution in [0.3, 0.4) is 0 Å². The number of aliphatic carboxylic acids is 4. The SMILES string of the molecule is CC(C)N1CCN(CCN2CCN([C@H]3C[C@H](c4ccc(F)cc4)c4cc(Br)ccc43)CC2)C1=O.O=C(O)/C=C\C(=O)O.O=C(O)/C=C\C(=O)O. The van der Waals surface area contributed by atoms with Gasteiger partial charge in [-0.25, -0.2) is 28.4 Å². The molecule has 1 aliphatic carbocycles. The fourth-order valence-electron chi connectivity index (χ4n) is 6.12. The number of hydrogen-bond donors (Lipinski definition) is 4. The van der Waals surface area contributed by atoms with Crippen LogP contribution in [0.2, 0.25) is 0 Å². The lowest BCUT2D eigenvalue weighted by molar-refractivity contribution is -0.134. The zero-order valence-electron chi connectivity index (χ0n) is 27.8. The summed E-state index contributed by atoms with van der Waals surface area (Å²) in [5, 5.41) is 31.2. The highest BCUT2D eigenvalue weighted by atomic mass is 79.9. The first-order valence-corrected chi connectivity index (χ1v) is 16.8. The van der Waals surface area contributed by atoms with E-state index in [-0.39, 0.29) is 17.9 Å². The minimum atomic E-state index is -1.26. The Labute approximate surface area is 298 Å². The molecule has 2 saturated heterocycles. The second-order valence-corrected chi connectivity index (χ2v) is 13.0. The van der Waals surface area contributed by atoms with Crippen molar-refractivity contribution in [1.82, 2.24) is 19.6 Å². The molecule has 2 aliphatic heterocycles. The Balaban J connectivity index is 0.000000352. The van der Waals surface area contributed by atoms with E-state index in [0.29, 0.717) is 36.3 Å². The molecule has 0 spiro atoms. The highest BCUT2D eigenvalue weighted by Crippen LogP contribution is 2.47. The van der Waals surface area contributed by atoms with Gasteiger partial charge in [0.05, 0.1) is 0 Å². The summed E-state index contributed by atoms with van der Waals surface area (Å²) in [7, 11) is 0. The average molecular weight is 762 g/mol. The Morgan fingerprint density at radius 1 is 0.780 bits per heavy atom. The van der Waals surface area contributed by atoms with Crippen LogP contribution in [-0.4, -0.2) is 128 Å². The summed E-state index contributed by atoms with van der Waals surface area (Å²) in [6.45, 7) is 11.7. The number of piperazine rings is 1. The molecular formula is C35H42BrFN4O9. The molecular weight excluding hydrogens is 719 g/mol. The van der Waals surface area contributed by atoms with Gasteiger partial charge < -0.3 is 30.2 Å². The maximum Gasteiger partial charge on any atom is 0.328 e. The van der Waals surface area contributed by atoms with Crippen molar-refractivity contribution in [2.45, 2.75) is 38.3 Å². The van der Waals surface area contributed by atoms with Crippen LogP contribution in [-0.2, 0) is 19.2 Å². The number of fused-ring (bicyclic) bond motifs is 1. The van der Waals surface area contributed by atoms with Crippen LogP contribution in [0.5, 0.6) is 0 Å². The molecule has 0 unspecified atom stereocenters. The zero-order valence-corrected chi connectivity index (χ0v) is 29.4. The summed E-state index contributed by atoms with van der Waals surface area (Å²) >= 11 is 3.65. The van der Waals surface area contributed by atoms with Gasteiger partial charge in [0.2, 0.25) is 0 Å². The van der Waals surface area contributed by atoms with Crippen molar-refractivity contribution in [3.63, 3.8) is 0 Å². The summed E-state index contributed by atoms with van der Waals surface area (Å²) in [4.78, 5) is 59.9. The lowest BCUT2D eigenvalue weighted by Gasteiger charge is -2.39. The van der Waals surface area contributed by atoms with Crippen LogP contribution in [0.15, 0.2) is 71.2 Å². The molecule has 15 heteroatoms. The van der Waals surface area contributed by atoms with E-state index in [2.05, 4.69) is 57.8 Å². The first-order chi connectivity index (χ1) is 23.7. The van der Waals surface area contributed by atoms with Crippen LogP contribution in [0, 0.1) is 5.82 Å². The highest BCUT2D eigenvalue weighted by Gasteiger charge is 2.37. The Morgan fingerprint density at radius 3 is 1.80 bits per heavy atom. The van der Waals surface area contributed by atoms with E-state index in [1.54, 1.807) is 12.1 Å². The number of amides is 2. The molecule has 2 amide bonds. The normalized spacial score (nSPS) is 19.3. The predicted octanol–water partition coefficient (Wildman–Crippen LogP) is 4.35. The lowest BCUT2D eigenvalue weighted by atomic mass is 9.93. The Kier molecular flexibility index (Phi) is 15.1. The standard InChI is InChI=1S/C27H34BrFN4O.2C4H4O4/c1-19(2)33-16-15-32(27(33)34)14-11-30-9-12-31(13-10-30)26-18-24(20-3-6-22(29)7-4-20)25-17-21(28)5-8-23(25)26;2*5-3(6)1-2-4(7)8/h3-8,17,19,24,26H,9-16,18H2,1-2H3;2*1-2H,(H,5,6)(H,7,8)/b;2*2-1-/t24-,26+;;/m1../s1. The number of rotatable bonds is 10. The first-order valence-electron chi connectivity index (χ1n) is 16.0. The fourth-order valence-corrected chi connectivity index (χ4v) is 6.50. The van der Waals surface area contributed by atoms with E-state index < -0.39 is 23.9 Å². The summed E-state index contributed by atoms with van der Waals surface area (Å²) in [6.07, 6.45) is 3.26. The van der Waals surface area contributed by atoms with Crippen molar-refractivity contribution in [2.24, 2.45) is 0 Å². The van der Waals surface area contributed by atoms with E-state index in [4.69, 9.17) is 20.4 Å². The maximum atomic E-state index is 13.5. The number of urea groups is 1. The topological polar surface area (TPSA) is 179 Å². The Hall–Kier alpha value is -4.60. The van der Waals surface area contributed by atoms with Crippen molar-refractivity contribution in [3.8, 4) is 0 Å². The van der Waals surface area contributed by atoms with E-state index in [1.165, 1.54) is 16.7 Å². The number of halogens is 2. The van der Waals surface area contributed by atoms with Gasteiger partial charge in [0.25, 0.3) is 0 Å². The molecule has 270 valence electrons. The van der Waals surface area contributed by atoms with Gasteiger partial charge in [0.15, 0.2) is 0 Å². The van der Waals surface area contributed by atoms with Crippen molar-refractivity contribution >= 4 is 45.8 Å². The van der Waals surface area contributed by atoms with E-state index >= 15 is 0 Å². The Morgan fingerprint density at radius 2 is 1.32 bits per heavy atom. The van der Waals surface area contributed by atoms with Gasteiger partial charge in [-0.2, -0.15) is 0 Å². The molecule has 4 N–H and O–H groups in total. The molecule has 2 aromatic rings.